The van der Waals surface area contributed by atoms with Crippen molar-refractivity contribution in [2.45, 2.75) is 39.5 Å². The van der Waals surface area contributed by atoms with Crippen LogP contribution in [0.2, 0.25) is 0 Å². The maximum absolute atomic E-state index is 11.9. The second-order valence-electron chi connectivity index (χ2n) is 6.45. The molecule has 128 valence electrons. The minimum Gasteiger partial charge on any atom is -0.469 e. The fraction of sp³-hybridized carbons (Fsp3) is 0.556. The largest absolute Gasteiger partial charge is 0.469 e. The maximum Gasteiger partial charge on any atom is 0.307 e. The molecule has 0 spiro atoms. The molecular formula is C18H27NO4. The molecule has 0 unspecified atom stereocenters. The van der Waals surface area contributed by atoms with Gasteiger partial charge in [-0.25, -0.2) is 0 Å². The van der Waals surface area contributed by atoms with Gasteiger partial charge in [0.1, 0.15) is 0 Å². The van der Waals surface area contributed by atoms with Gasteiger partial charge >= 0.3 is 5.97 Å². The van der Waals surface area contributed by atoms with Crippen LogP contribution in [0, 0.1) is 5.41 Å². The van der Waals surface area contributed by atoms with E-state index in [0.29, 0.717) is 5.56 Å². The summed E-state index contributed by atoms with van der Waals surface area (Å²) in [6, 6.07) is 7.47. The van der Waals surface area contributed by atoms with Gasteiger partial charge in [0.25, 0.3) is 5.91 Å². The van der Waals surface area contributed by atoms with Crippen molar-refractivity contribution in [2.75, 3.05) is 20.3 Å². The molecule has 5 heteroatoms. The van der Waals surface area contributed by atoms with E-state index in [2.05, 4.69) is 23.9 Å². The summed E-state index contributed by atoms with van der Waals surface area (Å²) >= 11 is 0. The van der Waals surface area contributed by atoms with Crippen LogP contribution in [0.4, 0.5) is 0 Å². The molecule has 0 fully saturated rings. The number of carbonyl (C=O) groups excluding carboxylic acids is 2. The number of aliphatic hydroxyl groups is 1. The third-order valence-electron chi connectivity index (χ3n) is 3.81. The van der Waals surface area contributed by atoms with E-state index in [1.54, 1.807) is 12.1 Å². The summed E-state index contributed by atoms with van der Waals surface area (Å²) in [6.45, 7) is 4.56. The zero-order chi connectivity index (χ0) is 17.3. The lowest BCUT2D eigenvalue weighted by Crippen LogP contribution is -2.26. The van der Waals surface area contributed by atoms with Crippen LogP contribution in [-0.4, -0.2) is 37.2 Å². The molecule has 0 aromatic heterocycles. The van der Waals surface area contributed by atoms with Gasteiger partial charge in [-0.15, -0.1) is 0 Å². The highest BCUT2D eigenvalue weighted by Crippen LogP contribution is 2.22. The molecule has 0 bridgehead atoms. The number of benzene rings is 1. The summed E-state index contributed by atoms with van der Waals surface area (Å²) in [5, 5.41) is 11.9. The summed E-state index contributed by atoms with van der Waals surface area (Å²) < 4.78 is 4.52. The molecule has 5 nitrogen and oxygen atoms in total. The molecule has 0 atom stereocenters. The lowest BCUT2D eigenvalue weighted by atomic mass is 9.87. The van der Waals surface area contributed by atoms with Crippen molar-refractivity contribution >= 4 is 11.9 Å². The highest BCUT2D eigenvalue weighted by molar-refractivity contribution is 5.94. The molecule has 1 aromatic rings. The Morgan fingerprint density at radius 1 is 1.22 bits per heavy atom. The lowest BCUT2D eigenvalue weighted by molar-refractivity contribution is -0.140. The van der Waals surface area contributed by atoms with Crippen LogP contribution in [-0.2, 0) is 16.0 Å². The predicted octanol–water partition coefficient (Wildman–Crippen LogP) is 2.32. The van der Waals surface area contributed by atoms with E-state index in [4.69, 9.17) is 0 Å². The molecule has 0 aliphatic carbocycles. The van der Waals surface area contributed by atoms with E-state index in [9.17, 15) is 14.7 Å². The Hall–Kier alpha value is -1.88. The molecule has 0 heterocycles. The van der Waals surface area contributed by atoms with Gasteiger partial charge in [-0.1, -0.05) is 26.0 Å². The van der Waals surface area contributed by atoms with Crippen LogP contribution in [0.3, 0.4) is 0 Å². The van der Waals surface area contributed by atoms with Crippen LogP contribution in [0.15, 0.2) is 24.3 Å². The van der Waals surface area contributed by atoms with Gasteiger partial charge in [-0.3, -0.25) is 9.59 Å². The van der Waals surface area contributed by atoms with Crippen LogP contribution >= 0.6 is 0 Å². The molecule has 1 rings (SSSR count). The smallest absolute Gasteiger partial charge is 0.307 e. The van der Waals surface area contributed by atoms with Gasteiger partial charge in [-0.2, -0.15) is 0 Å². The molecule has 23 heavy (non-hydrogen) atoms. The molecule has 1 amide bonds. The highest BCUT2D eigenvalue weighted by atomic mass is 16.5. The van der Waals surface area contributed by atoms with Crippen molar-refractivity contribution in [2.24, 2.45) is 5.41 Å². The molecule has 0 saturated heterocycles. The highest BCUT2D eigenvalue weighted by Gasteiger charge is 2.15. The Morgan fingerprint density at radius 3 is 2.43 bits per heavy atom. The molecule has 0 aliphatic heterocycles. The monoisotopic (exact) mass is 321 g/mol. The van der Waals surface area contributed by atoms with E-state index < -0.39 is 0 Å². The first-order valence-corrected chi connectivity index (χ1v) is 7.93. The molecule has 0 radical (unpaired) electrons. The average molecular weight is 321 g/mol. The van der Waals surface area contributed by atoms with Crippen molar-refractivity contribution in [3.05, 3.63) is 35.4 Å². The van der Waals surface area contributed by atoms with Gasteiger partial charge in [0, 0.05) is 18.7 Å². The van der Waals surface area contributed by atoms with Gasteiger partial charge in [0.05, 0.1) is 13.5 Å². The normalized spacial score (nSPS) is 11.1. The Bertz CT molecular complexity index is 508. The third kappa shape index (κ3) is 7.28. The summed E-state index contributed by atoms with van der Waals surface area (Å²) in [5.41, 5.74) is 1.71. The first-order valence-electron chi connectivity index (χ1n) is 7.93. The molecule has 0 aliphatic rings. The molecular weight excluding hydrogens is 294 g/mol. The number of hydrogen-bond acceptors (Lipinski definition) is 4. The summed E-state index contributed by atoms with van der Waals surface area (Å²) in [5.74, 6) is -0.534. The quantitative estimate of drug-likeness (QED) is 0.685. The topological polar surface area (TPSA) is 75.6 Å². The number of aliphatic hydroxyl groups excluding tert-OH is 1. The van der Waals surface area contributed by atoms with Gasteiger partial charge in [0.15, 0.2) is 0 Å². The Morgan fingerprint density at radius 2 is 1.87 bits per heavy atom. The van der Waals surface area contributed by atoms with Crippen LogP contribution in [0.1, 0.15) is 49.0 Å². The zero-order valence-corrected chi connectivity index (χ0v) is 14.2. The lowest BCUT2D eigenvalue weighted by Gasteiger charge is -2.21. The third-order valence-corrected chi connectivity index (χ3v) is 3.81. The van der Waals surface area contributed by atoms with E-state index >= 15 is 0 Å². The standard InChI is InChI=1S/C18H27NO4/c1-18(2,13-20)11-4-5-14-6-8-15(9-7-14)17(22)19-12-10-16(21)23-3/h6-9,20H,4-5,10-13H2,1-3H3,(H,19,22). The number of methoxy groups -OCH3 is 1. The molecule has 0 saturated carbocycles. The first kappa shape index (κ1) is 19.2. The number of hydrogen-bond donors (Lipinski definition) is 2. The van der Waals surface area contributed by atoms with Gasteiger partial charge < -0.3 is 15.2 Å². The van der Waals surface area contributed by atoms with Crippen molar-refractivity contribution in [1.29, 1.82) is 0 Å². The van der Waals surface area contributed by atoms with Crippen molar-refractivity contribution < 1.29 is 19.4 Å². The maximum atomic E-state index is 11.9. The second-order valence-corrected chi connectivity index (χ2v) is 6.45. The summed E-state index contributed by atoms with van der Waals surface area (Å²) in [7, 11) is 1.32. The zero-order valence-electron chi connectivity index (χ0n) is 14.2. The average Bonchev–Trinajstić information content (AvgIpc) is 2.55. The number of carbonyl (C=O) groups is 2. The van der Waals surface area contributed by atoms with Crippen molar-refractivity contribution in [3.63, 3.8) is 0 Å². The van der Waals surface area contributed by atoms with Gasteiger partial charge in [-0.05, 0) is 42.4 Å². The number of ether oxygens (including phenoxy) is 1. The predicted molar refractivity (Wildman–Crippen MR) is 89.2 cm³/mol. The number of rotatable bonds is 9. The Labute approximate surface area is 138 Å². The fourth-order valence-corrected chi connectivity index (χ4v) is 2.16. The van der Waals surface area contributed by atoms with Crippen LogP contribution in [0.25, 0.3) is 0 Å². The Kier molecular flexibility index (Phi) is 7.75. The number of aryl methyl sites for hydroxylation is 1. The van der Waals surface area contributed by atoms with Crippen LogP contribution < -0.4 is 5.32 Å². The first-order chi connectivity index (χ1) is 10.9. The molecule has 1 aromatic carbocycles. The number of amides is 1. The van der Waals surface area contributed by atoms with E-state index in [1.807, 2.05) is 12.1 Å². The minimum atomic E-state index is -0.341. The van der Waals surface area contributed by atoms with Gasteiger partial charge in [0.2, 0.25) is 0 Å². The molecule has 2 N–H and O–H groups in total. The van der Waals surface area contributed by atoms with E-state index in [1.165, 1.54) is 12.7 Å². The Balaban J connectivity index is 2.40. The van der Waals surface area contributed by atoms with E-state index in [-0.39, 0.29) is 36.9 Å². The summed E-state index contributed by atoms with van der Waals surface area (Å²) in [6.07, 6.45) is 3.05. The van der Waals surface area contributed by atoms with Crippen LogP contribution in [0.5, 0.6) is 0 Å². The summed E-state index contributed by atoms with van der Waals surface area (Å²) in [4.78, 5) is 22.9. The minimum absolute atomic E-state index is 0.0422. The number of nitrogens with one attached hydrogen (secondary N) is 1. The fourth-order valence-electron chi connectivity index (χ4n) is 2.16. The second kappa shape index (κ2) is 9.30. The number of esters is 1. The van der Waals surface area contributed by atoms with Crippen molar-refractivity contribution in [3.8, 4) is 0 Å². The van der Waals surface area contributed by atoms with E-state index in [0.717, 1.165) is 19.3 Å². The SMILES string of the molecule is COC(=O)CCNC(=O)c1ccc(CCCC(C)(C)CO)cc1. The van der Waals surface area contributed by atoms with Crippen molar-refractivity contribution in [1.82, 2.24) is 5.32 Å².